The number of aliphatic hydroxyl groups is 1. The summed E-state index contributed by atoms with van der Waals surface area (Å²) in [5.74, 6) is 1.47. The van der Waals surface area contributed by atoms with Gasteiger partial charge in [-0.3, -0.25) is 4.79 Å². The van der Waals surface area contributed by atoms with E-state index in [-0.39, 0.29) is 25.7 Å². The second-order valence-electron chi connectivity index (χ2n) is 9.35. The quantitative estimate of drug-likeness (QED) is 0.290. The maximum absolute atomic E-state index is 11.7. The number of hydrogen-bond acceptors (Lipinski definition) is 5. The van der Waals surface area contributed by atoms with Crippen LogP contribution >= 0.6 is 0 Å². The molecular weight excluding hydrogens is 368 g/mol. The number of Topliss-reactive ketones (excluding diaryl/α,β-unsaturated/α-hetero) is 1. The van der Waals surface area contributed by atoms with Gasteiger partial charge in [-0.1, -0.05) is 45.4 Å². The number of rotatable bonds is 12. The summed E-state index contributed by atoms with van der Waals surface area (Å²) in [6, 6.07) is 0. The van der Waals surface area contributed by atoms with Gasteiger partial charge in [0.05, 0.1) is 6.61 Å². The topological polar surface area (TPSA) is 72.8 Å². The van der Waals surface area contributed by atoms with E-state index < -0.39 is 11.8 Å². The van der Waals surface area contributed by atoms with Crippen molar-refractivity contribution >= 4 is 11.8 Å². The average Bonchev–Trinajstić information content (AvgIpc) is 2.75. The van der Waals surface area contributed by atoms with Crippen LogP contribution in [-0.2, 0) is 19.1 Å². The molecule has 2 aliphatic rings. The molecule has 5 nitrogen and oxygen atoms in total. The molecule has 1 atom stereocenters. The highest BCUT2D eigenvalue weighted by Gasteiger charge is 2.33. The third-order valence-electron chi connectivity index (χ3n) is 7.42. The highest BCUT2D eigenvalue weighted by molar-refractivity contribution is 6.34. The minimum absolute atomic E-state index is 0.00392. The van der Waals surface area contributed by atoms with Crippen molar-refractivity contribution in [3.05, 3.63) is 0 Å². The van der Waals surface area contributed by atoms with E-state index in [4.69, 9.17) is 4.74 Å². The van der Waals surface area contributed by atoms with Gasteiger partial charge >= 0.3 is 5.97 Å². The second-order valence-corrected chi connectivity index (χ2v) is 9.35. The van der Waals surface area contributed by atoms with Crippen molar-refractivity contribution in [1.29, 1.82) is 0 Å². The molecule has 0 aromatic carbocycles. The lowest BCUT2D eigenvalue weighted by atomic mass is 9.67. The van der Waals surface area contributed by atoms with Crippen LogP contribution in [0.4, 0.5) is 0 Å². The first-order chi connectivity index (χ1) is 14.1. The van der Waals surface area contributed by atoms with E-state index in [0.29, 0.717) is 5.92 Å². The molecule has 29 heavy (non-hydrogen) atoms. The minimum Gasteiger partial charge on any atom is -0.459 e. The summed E-state index contributed by atoms with van der Waals surface area (Å²) in [4.78, 5) is 23.1. The first-order valence-electron chi connectivity index (χ1n) is 11.9. The number of carbonyl (C=O) groups is 2. The van der Waals surface area contributed by atoms with Crippen LogP contribution in [0.1, 0.15) is 84.0 Å². The van der Waals surface area contributed by atoms with Gasteiger partial charge in [0.2, 0.25) is 0 Å². The number of unbranched alkanes of at least 4 members (excludes halogenated alkanes) is 2. The van der Waals surface area contributed by atoms with Crippen LogP contribution in [0.2, 0.25) is 0 Å². The molecule has 0 spiro atoms. The van der Waals surface area contributed by atoms with Crippen molar-refractivity contribution in [2.24, 2.45) is 29.6 Å². The minimum atomic E-state index is -0.852. The van der Waals surface area contributed by atoms with E-state index in [1.54, 1.807) is 0 Å². The summed E-state index contributed by atoms with van der Waals surface area (Å²) >= 11 is 0. The molecule has 0 saturated heterocycles. The van der Waals surface area contributed by atoms with Crippen LogP contribution in [0.15, 0.2) is 0 Å². The summed E-state index contributed by atoms with van der Waals surface area (Å²) in [5.41, 5.74) is 0. The second kappa shape index (κ2) is 13.4. The molecular formula is C24H42O5. The highest BCUT2D eigenvalue weighted by atomic mass is 16.5. The number of carbonyl (C=O) groups excluding carboxylic acids is 2. The summed E-state index contributed by atoms with van der Waals surface area (Å²) in [6.07, 6.45) is 15.8. The van der Waals surface area contributed by atoms with Crippen molar-refractivity contribution in [2.75, 3.05) is 26.9 Å². The van der Waals surface area contributed by atoms with Crippen molar-refractivity contribution < 1.29 is 24.2 Å². The Bertz CT molecular complexity index is 476. The Morgan fingerprint density at radius 1 is 0.966 bits per heavy atom. The fourth-order valence-electron chi connectivity index (χ4n) is 5.51. The smallest absolute Gasteiger partial charge is 0.377 e. The molecule has 2 aliphatic carbocycles. The molecule has 0 aromatic heterocycles. The maximum Gasteiger partial charge on any atom is 0.377 e. The number of ketones is 1. The van der Waals surface area contributed by atoms with Crippen LogP contribution in [-0.4, -0.2) is 43.8 Å². The Kier molecular flexibility index (Phi) is 11.2. The molecule has 0 aliphatic heterocycles. The van der Waals surface area contributed by atoms with Crippen molar-refractivity contribution in [1.82, 2.24) is 0 Å². The molecule has 2 rings (SSSR count). The SMILES string of the molecule is CCCCCC1CCC(C2CCC(C(CO)COC(=O)C(=O)COC)CC2)CC1. The average molecular weight is 411 g/mol. The van der Waals surface area contributed by atoms with Crippen LogP contribution in [0.25, 0.3) is 0 Å². The van der Waals surface area contributed by atoms with E-state index in [1.807, 2.05) is 0 Å². The third-order valence-corrected chi connectivity index (χ3v) is 7.42. The Hall–Kier alpha value is -0.940. The molecule has 0 amide bonds. The van der Waals surface area contributed by atoms with Gasteiger partial charge in [-0.2, -0.15) is 0 Å². The fourth-order valence-corrected chi connectivity index (χ4v) is 5.51. The van der Waals surface area contributed by atoms with Crippen molar-refractivity contribution in [2.45, 2.75) is 84.0 Å². The van der Waals surface area contributed by atoms with Crippen molar-refractivity contribution in [3.8, 4) is 0 Å². The Morgan fingerprint density at radius 3 is 2.14 bits per heavy atom. The van der Waals surface area contributed by atoms with Gasteiger partial charge in [-0.05, 0) is 62.2 Å². The molecule has 0 heterocycles. The molecule has 0 bridgehead atoms. The molecule has 5 heteroatoms. The fraction of sp³-hybridized carbons (Fsp3) is 0.917. The van der Waals surface area contributed by atoms with Gasteiger partial charge in [0, 0.05) is 19.6 Å². The van der Waals surface area contributed by atoms with Crippen LogP contribution < -0.4 is 0 Å². The van der Waals surface area contributed by atoms with Crippen LogP contribution in [0.3, 0.4) is 0 Å². The predicted octanol–water partition coefficient (Wildman–Crippen LogP) is 4.55. The lowest BCUT2D eigenvalue weighted by Gasteiger charge is -2.39. The predicted molar refractivity (Wildman–Crippen MR) is 113 cm³/mol. The molecule has 168 valence electrons. The zero-order valence-electron chi connectivity index (χ0n) is 18.6. The van der Waals surface area contributed by atoms with Gasteiger partial charge in [-0.25, -0.2) is 4.79 Å². The van der Waals surface area contributed by atoms with E-state index in [1.165, 1.54) is 71.3 Å². The molecule has 0 radical (unpaired) electrons. The zero-order valence-corrected chi connectivity index (χ0v) is 18.6. The van der Waals surface area contributed by atoms with E-state index >= 15 is 0 Å². The number of hydrogen-bond donors (Lipinski definition) is 1. The van der Waals surface area contributed by atoms with E-state index in [2.05, 4.69) is 11.7 Å². The summed E-state index contributed by atoms with van der Waals surface area (Å²) in [7, 11) is 1.37. The van der Waals surface area contributed by atoms with Gasteiger partial charge in [0.1, 0.15) is 6.61 Å². The highest BCUT2D eigenvalue weighted by Crippen LogP contribution is 2.43. The summed E-state index contributed by atoms with van der Waals surface area (Å²) in [5, 5.41) is 9.76. The molecule has 1 unspecified atom stereocenters. The summed E-state index contributed by atoms with van der Waals surface area (Å²) in [6.45, 7) is 2.15. The summed E-state index contributed by atoms with van der Waals surface area (Å²) < 4.78 is 9.80. The number of esters is 1. The van der Waals surface area contributed by atoms with E-state index in [9.17, 15) is 14.7 Å². The van der Waals surface area contributed by atoms with Crippen molar-refractivity contribution in [3.63, 3.8) is 0 Å². The first-order valence-corrected chi connectivity index (χ1v) is 11.9. The Morgan fingerprint density at radius 2 is 1.59 bits per heavy atom. The van der Waals surface area contributed by atoms with Crippen LogP contribution in [0, 0.1) is 29.6 Å². The van der Waals surface area contributed by atoms with Gasteiger partial charge in [0.15, 0.2) is 0 Å². The molecule has 2 saturated carbocycles. The Labute approximate surface area is 176 Å². The lowest BCUT2D eigenvalue weighted by molar-refractivity contribution is -0.157. The van der Waals surface area contributed by atoms with Crippen LogP contribution in [0.5, 0.6) is 0 Å². The Balaban J connectivity index is 1.68. The maximum atomic E-state index is 11.7. The number of methoxy groups -OCH3 is 1. The molecule has 1 N–H and O–H groups in total. The largest absolute Gasteiger partial charge is 0.459 e. The number of aliphatic hydroxyl groups excluding tert-OH is 1. The third kappa shape index (κ3) is 8.01. The van der Waals surface area contributed by atoms with E-state index in [0.717, 1.165) is 30.6 Å². The number of ether oxygens (including phenoxy) is 2. The molecule has 0 aromatic rings. The standard InChI is InChI=1S/C24H42O5/c1-3-4-5-6-18-7-9-19(10-8-18)20-11-13-21(14-12-20)22(15-25)16-29-24(27)23(26)17-28-2/h18-22,25H,3-17H2,1-2H3. The first kappa shape index (κ1) is 24.3. The van der Waals surface area contributed by atoms with Gasteiger partial charge < -0.3 is 14.6 Å². The lowest BCUT2D eigenvalue weighted by Crippen LogP contribution is -2.32. The monoisotopic (exact) mass is 410 g/mol. The molecule has 2 fully saturated rings. The zero-order chi connectivity index (χ0) is 21.1. The van der Waals surface area contributed by atoms with Gasteiger partial charge in [0.25, 0.3) is 5.78 Å². The normalized spacial score (nSPS) is 28.7. The van der Waals surface area contributed by atoms with Gasteiger partial charge in [-0.15, -0.1) is 0 Å².